The van der Waals surface area contributed by atoms with Gasteiger partial charge in [-0.25, -0.2) is 14.3 Å². The zero-order valence-electron chi connectivity index (χ0n) is 15.8. The number of anilines is 1. The first-order valence-electron chi connectivity index (χ1n) is 8.31. The van der Waals surface area contributed by atoms with Crippen LogP contribution in [0.4, 0.5) is 5.69 Å². The SMILES string of the molecule is COc1ccc(NC(=O)COC(=O)c2nc3nc(C)cc(C)n3n2)c(OC)c1. The number of amides is 1. The molecule has 0 spiro atoms. The lowest BCUT2D eigenvalue weighted by molar-refractivity contribution is -0.119. The molecule has 0 aliphatic heterocycles. The third kappa shape index (κ3) is 4.00. The lowest BCUT2D eigenvalue weighted by Gasteiger charge is -2.11. The van der Waals surface area contributed by atoms with Gasteiger partial charge in [-0.05, 0) is 32.0 Å². The van der Waals surface area contributed by atoms with Gasteiger partial charge in [0.15, 0.2) is 6.61 Å². The number of nitrogens with zero attached hydrogens (tertiary/aromatic N) is 4. The average Bonchev–Trinajstić information content (AvgIpc) is 3.11. The zero-order chi connectivity index (χ0) is 20.3. The van der Waals surface area contributed by atoms with Gasteiger partial charge in [-0.2, -0.15) is 4.98 Å². The molecule has 1 amide bonds. The van der Waals surface area contributed by atoms with Crippen molar-refractivity contribution in [1.29, 1.82) is 0 Å². The quantitative estimate of drug-likeness (QED) is 0.635. The molecule has 28 heavy (non-hydrogen) atoms. The Morgan fingerprint density at radius 3 is 2.61 bits per heavy atom. The highest BCUT2D eigenvalue weighted by atomic mass is 16.5. The largest absolute Gasteiger partial charge is 0.497 e. The van der Waals surface area contributed by atoms with Crippen LogP contribution in [0.5, 0.6) is 11.5 Å². The van der Waals surface area contributed by atoms with E-state index in [2.05, 4.69) is 20.4 Å². The lowest BCUT2D eigenvalue weighted by atomic mass is 10.2. The van der Waals surface area contributed by atoms with Gasteiger partial charge in [0.2, 0.25) is 0 Å². The van der Waals surface area contributed by atoms with E-state index in [9.17, 15) is 9.59 Å². The first kappa shape index (κ1) is 19.1. The van der Waals surface area contributed by atoms with Crippen LogP contribution < -0.4 is 14.8 Å². The Balaban J connectivity index is 1.65. The van der Waals surface area contributed by atoms with Gasteiger partial charge in [-0.15, -0.1) is 5.10 Å². The summed E-state index contributed by atoms with van der Waals surface area (Å²) in [5, 5.41) is 6.67. The predicted octanol–water partition coefficient (Wildman–Crippen LogP) is 1.55. The Kier molecular flexibility index (Phi) is 5.39. The van der Waals surface area contributed by atoms with Gasteiger partial charge < -0.3 is 19.5 Å². The number of aryl methyl sites for hydroxylation is 2. The van der Waals surface area contributed by atoms with Crippen LogP contribution >= 0.6 is 0 Å². The normalized spacial score (nSPS) is 10.6. The van der Waals surface area contributed by atoms with Gasteiger partial charge in [-0.3, -0.25) is 4.79 Å². The van der Waals surface area contributed by atoms with Crippen LogP contribution in [0.15, 0.2) is 24.3 Å². The summed E-state index contributed by atoms with van der Waals surface area (Å²) >= 11 is 0. The number of nitrogens with one attached hydrogen (secondary N) is 1. The van der Waals surface area contributed by atoms with E-state index in [0.29, 0.717) is 17.2 Å². The van der Waals surface area contributed by atoms with Crippen LogP contribution in [0.1, 0.15) is 22.0 Å². The summed E-state index contributed by atoms with van der Waals surface area (Å²) in [6.45, 7) is 3.13. The smallest absolute Gasteiger partial charge is 0.378 e. The number of methoxy groups -OCH3 is 2. The standard InChI is InChI=1S/C18H19N5O5/c1-10-7-11(2)23-18(19-10)21-16(22-23)17(25)28-9-15(24)20-13-6-5-12(26-3)8-14(13)27-4/h5-8H,9H2,1-4H3,(H,20,24). The summed E-state index contributed by atoms with van der Waals surface area (Å²) in [7, 11) is 3.00. The molecule has 0 bridgehead atoms. The second-order valence-corrected chi connectivity index (χ2v) is 5.88. The topological polar surface area (TPSA) is 117 Å². The Morgan fingerprint density at radius 1 is 1.11 bits per heavy atom. The molecule has 146 valence electrons. The maximum atomic E-state index is 12.2. The molecule has 0 aliphatic carbocycles. The van der Waals surface area contributed by atoms with Crippen molar-refractivity contribution >= 4 is 23.3 Å². The van der Waals surface area contributed by atoms with Crippen molar-refractivity contribution in [2.45, 2.75) is 13.8 Å². The van der Waals surface area contributed by atoms with Gasteiger partial charge in [0, 0.05) is 17.5 Å². The van der Waals surface area contributed by atoms with Crippen LogP contribution in [0.25, 0.3) is 5.78 Å². The minimum atomic E-state index is -0.820. The summed E-state index contributed by atoms with van der Waals surface area (Å²) in [6.07, 6.45) is 0. The van der Waals surface area contributed by atoms with E-state index >= 15 is 0 Å². The highest BCUT2D eigenvalue weighted by Gasteiger charge is 2.18. The Hall–Kier alpha value is -3.69. The van der Waals surface area contributed by atoms with Crippen LogP contribution in [-0.2, 0) is 9.53 Å². The van der Waals surface area contributed by atoms with Crippen LogP contribution in [0, 0.1) is 13.8 Å². The maximum absolute atomic E-state index is 12.2. The Morgan fingerprint density at radius 2 is 1.89 bits per heavy atom. The molecular formula is C18H19N5O5. The molecule has 0 saturated heterocycles. The molecule has 1 aromatic carbocycles. The summed E-state index contributed by atoms with van der Waals surface area (Å²) in [5.41, 5.74) is 1.95. The average molecular weight is 385 g/mol. The number of carbonyl (C=O) groups is 2. The van der Waals surface area contributed by atoms with E-state index in [1.54, 1.807) is 18.2 Å². The minimum absolute atomic E-state index is 0.170. The van der Waals surface area contributed by atoms with Gasteiger partial charge in [-0.1, -0.05) is 0 Å². The summed E-state index contributed by atoms with van der Waals surface area (Å²) in [6, 6.07) is 6.73. The number of aromatic nitrogens is 4. The third-order valence-corrected chi connectivity index (χ3v) is 3.82. The van der Waals surface area contributed by atoms with Crippen LogP contribution in [0.2, 0.25) is 0 Å². The van der Waals surface area contributed by atoms with Crippen molar-refractivity contribution in [1.82, 2.24) is 19.6 Å². The van der Waals surface area contributed by atoms with Crippen molar-refractivity contribution < 1.29 is 23.8 Å². The van der Waals surface area contributed by atoms with Gasteiger partial charge in [0.25, 0.3) is 17.5 Å². The monoisotopic (exact) mass is 385 g/mol. The Bertz CT molecular complexity index is 1050. The van der Waals surface area contributed by atoms with Crippen LogP contribution in [0.3, 0.4) is 0 Å². The molecule has 0 radical (unpaired) electrons. The van der Waals surface area contributed by atoms with Crippen molar-refractivity contribution in [3.05, 3.63) is 41.5 Å². The maximum Gasteiger partial charge on any atom is 0.378 e. The fraction of sp³-hybridized carbons (Fsp3) is 0.278. The highest BCUT2D eigenvalue weighted by molar-refractivity contribution is 5.95. The third-order valence-electron chi connectivity index (χ3n) is 3.82. The van der Waals surface area contributed by atoms with Gasteiger partial charge >= 0.3 is 5.97 Å². The van der Waals surface area contributed by atoms with Crippen LogP contribution in [-0.4, -0.2) is 52.3 Å². The molecule has 1 N–H and O–H groups in total. The number of esters is 1. The minimum Gasteiger partial charge on any atom is -0.497 e. The molecule has 10 heteroatoms. The molecule has 10 nitrogen and oxygen atoms in total. The number of hydrogen-bond acceptors (Lipinski definition) is 8. The predicted molar refractivity (Wildman–Crippen MR) is 98.7 cm³/mol. The zero-order valence-corrected chi connectivity index (χ0v) is 15.8. The van der Waals surface area contributed by atoms with Gasteiger partial charge in [0.05, 0.1) is 19.9 Å². The number of hydrogen-bond donors (Lipinski definition) is 1. The van der Waals surface area contributed by atoms with E-state index < -0.39 is 18.5 Å². The highest BCUT2D eigenvalue weighted by Crippen LogP contribution is 2.28. The van der Waals surface area contributed by atoms with E-state index in [-0.39, 0.29) is 11.6 Å². The van der Waals surface area contributed by atoms with Crippen molar-refractivity contribution in [3.8, 4) is 11.5 Å². The van der Waals surface area contributed by atoms with Gasteiger partial charge in [0.1, 0.15) is 11.5 Å². The van der Waals surface area contributed by atoms with E-state index in [1.807, 2.05) is 19.9 Å². The molecular weight excluding hydrogens is 366 g/mol. The first-order chi connectivity index (χ1) is 13.4. The lowest BCUT2D eigenvalue weighted by Crippen LogP contribution is -2.21. The fourth-order valence-electron chi connectivity index (χ4n) is 2.54. The molecule has 3 rings (SSSR count). The number of benzene rings is 1. The Labute approximate surface area is 160 Å². The first-order valence-corrected chi connectivity index (χ1v) is 8.31. The summed E-state index contributed by atoms with van der Waals surface area (Å²) in [4.78, 5) is 32.5. The number of ether oxygens (including phenoxy) is 3. The molecule has 3 aromatic rings. The second kappa shape index (κ2) is 7.91. The molecule has 0 aliphatic rings. The van der Waals surface area contributed by atoms with E-state index in [1.165, 1.54) is 18.7 Å². The van der Waals surface area contributed by atoms with Crippen molar-refractivity contribution in [2.75, 3.05) is 26.1 Å². The molecule has 0 saturated carbocycles. The summed E-state index contributed by atoms with van der Waals surface area (Å²) < 4.78 is 16.7. The van der Waals surface area contributed by atoms with Crippen molar-refractivity contribution in [3.63, 3.8) is 0 Å². The molecule has 0 unspecified atom stereocenters. The van der Waals surface area contributed by atoms with E-state index in [4.69, 9.17) is 14.2 Å². The number of rotatable bonds is 6. The second-order valence-electron chi connectivity index (χ2n) is 5.88. The summed E-state index contributed by atoms with van der Waals surface area (Å²) in [5.74, 6) is -0.241. The number of fused-ring (bicyclic) bond motifs is 1. The molecule has 0 fully saturated rings. The van der Waals surface area contributed by atoms with Crippen molar-refractivity contribution in [2.24, 2.45) is 0 Å². The molecule has 2 aromatic heterocycles. The van der Waals surface area contributed by atoms with E-state index in [0.717, 1.165) is 11.4 Å². The fourth-order valence-corrected chi connectivity index (χ4v) is 2.54. The number of carbonyl (C=O) groups excluding carboxylic acids is 2. The molecule has 2 heterocycles. The molecule has 0 atom stereocenters.